The van der Waals surface area contributed by atoms with E-state index < -0.39 is 6.04 Å². The number of nitrogens with zero attached hydrogens (tertiary/aromatic N) is 1. The number of carbonyl (C=O) groups excluding carboxylic acids is 2. The van der Waals surface area contributed by atoms with Crippen LogP contribution in [0.25, 0.3) is 0 Å². The Morgan fingerprint density at radius 2 is 1.29 bits per heavy atom. The molecule has 0 saturated carbocycles. The quantitative estimate of drug-likeness (QED) is 0.246. The molecule has 41 heavy (non-hydrogen) atoms. The topological polar surface area (TPSA) is 77.1 Å². The lowest BCUT2D eigenvalue weighted by Crippen LogP contribution is -2.50. The van der Waals surface area contributed by atoms with Crippen LogP contribution in [0.3, 0.4) is 0 Å². The molecule has 4 rings (SSSR count). The Labute approximate surface area is 241 Å². The smallest absolute Gasteiger partial charge is 0.243 e. The number of hydrogen-bond acceptors (Lipinski definition) is 5. The van der Waals surface area contributed by atoms with Crippen LogP contribution >= 0.6 is 0 Å². The maximum Gasteiger partial charge on any atom is 0.243 e. The molecular formula is C34H36N2O5. The molecule has 4 aromatic carbocycles. The van der Waals surface area contributed by atoms with E-state index in [4.69, 9.17) is 14.2 Å². The van der Waals surface area contributed by atoms with Gasteiger partial charge < -0.3 is 24.4 Å². The van der Waals surface area contributed by atoms with Crippen molar-refractivity contribution in [2.45, 2.75) is 32.0 Å². The van der Waals surface area contributed by atoms with Gasteiger partial charge in [-0.1, -0.05) is 78.9 Å². The number of ether oxygens (including phenoxy) is 3. The van der Waals surface area contributed by atoms with Crippen molar-refractivity contribution in [3.05, 3.63) is 125 Å². The number of benzene rings is 4. The number of amides is 2. The summed E-state index contributed by atoms with van der Waals surface area (Å²) < 4.78 is 16.1. The normalized spacial score (nSPS) is 11.3. The van der Waals surface area contributed by atoms with Crippen molar-refractivity contribution in [3.63, 3.8) is 0 Å². The van der Waals surface area contributed by atoms with Crippen molar-refractivity contribution in [2.24, 2.45) is 0 Å². The summed E-state index contributed by atoms with van der Waals surface area (Å²) >= 11 is 0. The number of methoxy groups -OCH3 is 3. The van der Waals surface area contributed by atoms with Gasteiger partial charge in [-0.15, -0.1) is 0 Å². The summed E-state index contributed by atoms with van der Waals surface area (Å²) in [4.78, 5) is 29.6. The van der Waals surface area contributed by atoms with Crippen LogP contribution in [-0.4, -0.2) is 44.1 Å². The van der Waals surface area contributed by atoms with E-state index in [2.05, 4.69) is 5.32 Å². The molecule has 0 aliphatic rings. The molecule has 0 bridgehead atoms. The van der Waals surface area contributed by atoms with Gasteiger partial charge in [0.2, 0.25) is 11.8 Å². The summed E-state index contributed by atoms with van der Waals surface area (Å²) in [6, 6.07) is 31.7. The lowest BCUT2D eigenvalue weighted by molar-refractivity contribution is -0.140. The van der Waals surface area contributed by atoms with Crippen LogP contribution in [0.2, 0.25) is 0 Å². The van der Waals surface area contributed by atoms with Crippen LogP contribution in [0, 0.1) is 0 Å². The van der Waals surface area contributed by atoms with Crippen molar-refractivity contribution in [1.29, 1.82) is 0 Å². The Bertz CT molecular complexity index is 1410. The summed E-state index contributed by atoms with van der Waals surface area (Å²) in [6.07, 6.45) is 0.461. The molecular weight excluding hydrogens is 516 g/mol. The Hall–Kier alpha value is -4.78. The minimum absolute atomic E-state index is 0.0910. The van der Waals surface area contributed by atoms with Gasteiger partial charge in [-0.25, -0.2) is 0 Å². The highest BCUT2D eigenvalue weighted by atomic mass is 16.5. The Kier molecular flexibility index (Phi) is 10.4. The molecule has 1 N–H and O–H groups in total. The van der Waals surface area contributed by atoms with Gasteiger partial charge >= 0.3 is 0 Å². The molecule has 0 radical (unpaired) electrons. The molecule has 0 aliphatic carbocycles. The second-order valence-electron chi connectivity index (χ2n) is 9.64. The molecule has 1 atom stereocenters. The molecule has 1 unspecified atom stereocenters. The largest absolute Gasteiger partial charge is 0.497 e. The Morgan fingerprint density at radius 3 is 1.90 bits per heavy atom. The summed E-state index contributed by atoms with van der Waals surface area (Å²) in [5.41, 5.74) is 3.60. The second-order valence-corrected chi connectivity index (χ2v) is 9.64. The van der Waals surface area contributed by atoms with Crippen molar-refractivity contribution in [1.82, 2.24) is 10.2 Å². The predicted octanol–water partition coefficient (Wildman–Crippen LogP) is 5.21. The third-order valence-electron chi connectivity index (χ3n) is 6.90. The summed E-state index contributed by atoms with van der Waals surface area (Å²) in [5, 5.41) is 3.07. The molecule has 0 fully saturated rings. The molecule has 0 heterocycles. The van der Waals surface area contributed by atoms with Gasteiger partial charge in [0.05, 0.1) is 27.8 Å². The number of nitrogens with one attached hydrogen (secondary N) is 1. The monoisotopic (exact) mass is 552 g/mol. The Balaban J connectivity index is 1.66. The van der Waals surface area contributed by atoms with Crippen molar-refractivity contribution in [2.75, 3.05) is 21.3 Å². The highest BCUT2D eigenvalue weighted by Gasteiger charge is 2.30. The van der Waals surface area contributed by atoms with Crippen molar-refractivity contribution < 1.29 is 23.8 Å². The van der Waals surface area contributed by atoms with Gasteiger partial charge in [-0.2, -0.15) is 0 Å². The third kappa shape index (κ3) is 8.11. The average molecular weight is 553 g/mol. The van der Waals surface area contributed by atoms with Crippen LogP contribution in [0.5, 0.6) is 17.2 Å². The van der Waals surface area contributed by atoms with Crippen LogP contribution in [0.4, 0.5) is 0 Å². The van der Waals surface area contributed by atoms with Crippen molar-refractivity contribution in [3.8, 4) is 17.2 Å². The first-order chi connectivity index (χ1) is 20.0. The van der Waals surface area contributed by atoms with Crippen LogP contribution in [0.1, 0.15) is 22.3 Å². The SMILES string of the molecule is COc1ccc(CN(C(=O)Cc2ccc(OC)c(OC)c2)C(Cc2ccccc2)C(=O)NCc2ccccc2)cc1. The lowest BCUT2D eigenvalue weighted by atomic mass is 10.0. The van der Waals surface area contributed by atoms with Crippen LogP contribution in [-0.2, 0) is 35.5 Å². The van der Waals surface area contributed by atoms with E-state index in [1.807, 2.05) is 91.0 Å². The molecule has 0 spiro atoms. The molecule has 7 heteroatoms. The fourth-order valence-electron chi connectivity index (χ4n) is 4.65. The minimum Gasteiger partial charge on any atom is -0.497 e. The zero-order valence-corrected chi connectivity index (χ0v) is 23.7. The number of hydrogen-bond donors (Lipinski definition) is 1. The number of carbonyl (C=O) groups is 2. The van der Waals surface area contributed by atoms with Gasteiger partial charge in [-0.3, -0.25) is 9.59 Å². The molecule has 7 nitrogen and oxygen atoms in total. The van der Waals surface area contributed by atoms with Gasteiger partial charge in [0.15, 0.2) is 11.5 Å². The van der Waals surface area contributed by atoms with Gasteiger partial charge in [0.1, 0.15) is 11.8 Å². The maximum atomic E-state index is 14.1. The fourth-order valence-corrected chi connectivity index (χ4v) is 4.65. The molecule has 0 aromatic heterocycles. The third-order valence-corrected chi connectivity index (χ3v) is 6.90. The highest BCUT2D eigenvalue weighted by Crippen LogP contribution is 2.28. The molecule has 0 saturated heterocycles. The van der Waals surface area contributed by atoms with E-state index >= 15 is 0 Å². The number of rotatable bonds is 13. The van der Waals surface area contributed by atoms with E-state index in [1.54, 1.807) is 38.4 Å². The van der Waals surface area contributed by atoms with Crippen LogP contribution < -0.4 is 19.5 Å². The summed E-state index contributed by atoms with van der Waals surface area (Å²) in [5.74, 6) is 1.45. The maximum absolute atomic E-state index is 14.1. The zero-order chi connectivity index (χ0) is 29.0. The van der Waals surface area contributed by atoms with Gasteiger partial charge in [0.25, 0.3) is 0 Å². The standard InChI is InChI=1S/C34H36N2O5/c1-39-29-17-14-27(15-18-29)24-36(33(37)22-28-16-19-31(40-2)32(21-28)41-3)30(20-25-10-6-4-7-11-25)34(38)35-23-26-12-8-5-9-13-26/h4-19,21,30H,20,22-24H2,1-3H3,(H,35,38). The minimum atomic E-state index is -0.740. The second kappa shape index (κ2) is 14.6. The van der Waals surface area contributed by atoms with E-state index in [1.165, 1.54) is 0 Å². The fraction of sp³-hybridized carbons (Fsp3) is 0.235. The van der Waals surface area contributed by atoms with Gasteiger partial charge in [0, 0.05) is 19.5 Å². The lowest BCUT2D eigenvalue weighted by Gasteiger charge is -2.32. The summed E-state index contributed by atoms with van der Waals surface area (Å²) in [6.45, 7) is 0.623. The molecule has 0 aliphatic heterocycles. The van der Waals surface area contributed by atoms with Crippen LogP contribution in [0.15, 0.2) is 103 Å². The van der Waals surface area contributed by atoms with E-state index in [0.29, 0.717) is 24.5 Å². The van der Waals surface area contributed by atoms with Gasteiger partial charge in [-0.05, 0) is 46.5 Å². The average Bonchev–Trinajstić information content (AvgIpc) is 3.02. The predicted molar refractivity (Wildman–Crippen MR) is 159 cm³/mol. The van der Waals surface area contributed by atoms with Crippen molar-refractivity contribution >= 4 is 11.8 Å². The highest BCUT2D eigenvalue weighted by molar-refractivity contribution is 5.89. The molecule has 2 amide bonds. The zero-order valence-electron chi connectivity index (χ0n) is 23.7. The Morgan fingerprint density at radius 1 is 0.683 bits per heavy atom. The molecule has 212 valence electrons. The summed E-state index contributed by atoms with van der Waals surface area (Å²) in [7, 11) is 4.74. The molecule has 4 aromatic rings. The first-order valence-corrected chi connectivity index (χ1v) is 13.5. The first kappa shape index (κ1) is 29.2. The van der Waals surface area contributed by atoms with E-state index in [9.17, 15) is 9.59 Å². The first-order valence-electron chi connectivity index (χ1n) is 13.5. The van der Waals surface area contributed by atoms with E-state index in [-0.39, 0.29) is 24.8 Å². The van der Waals surface area contributed by atoms with E-state index in [0.717, 1.165) is 28.0 Å².